The molecule has 0 aliphatic carbocycles. The number of esters is 1. The van der Waals surface area contributed by atoms with E-state index in [-0.39, 0.29) is 11.4 Å². The number of nitrogens with zero attached hydrogens (tertiary/aromatic N) is 1. The summed E-state index contributed by atoms with van der Waals surface area (Å²) < 4.78 is 33.7. The summed E-state index contributed by atoms with van der Waals surface area (Å²) in [7, 11) is 0. The summed E-state index contributed by atoms with van der Waals surface area (Å²) in [5.74, 6) is -1.50. The second-order valence-corrected chi connectivity index (χ2v) is 2.88. The van der Waals surface area contributed by atoms with Gasteiger partial charge in [-0.25, -0.2) is 18.6 Å². The van der Waals surface area contributed by atoms with Gasteiger partial charge in [-0.05, 0) is 6.92 Å². The van der Waals surface area contributed by atoms with Gasteiger partial charge in [0.05, 0.1) is 6.61 Å². The van der Waals surface area contributed by atoms with Crippen molar-refractivity contribution in [3.8, 4) is 0 Å². The first-order valence-electron chi connectivity index (χ1n) is 3.67. The number of hydrogen-bond donors (Lipinski definition) is 0. The topological polar surface area (TPSA) is 52.3 Å². The third kappa shape index (κ3) is 2.28. The van der Waals surface area contributed by atoms with E-state index in [0.717, 1.165) is 0 Å². The van der Waals surface area contributed by atoms with Crippen molar-refractivity contribution in [1.29, 1.82) is 0 Å². The smallest absolute Gasteiger partial charge is 0.376 e. The number of carbonyl (C=O) groups is 1. The average molecular weight is 270 g/mol. The number of halogens is 3. The van der Waals surface area contributed by atoms with E-state index in [0.29, 0.717) is 0 Å². The normalized spacial score (nSPS) is 10.6. The first-order chi connectivity index (χ1) is 6.56. The van der Waals surface area contributed by atoms with E-state index in [1.165, 1.54) is 0 Å². The summed E-state index contributed by atoms with van der Waals surface area (Å²) in [6.07, 6.45) is -2.87. The minimum absolute atomic E-state index is 0.0832. The summed E-state index contributed by atoms with van der Waals surface area (Å²) in [6.45, 7) is 1.64. The molecule has 0 saturated heterocycles. The van der Waals surface area contributed by atoms with Crippen molar-refractivity contribution in [1.82, 2.24) is 4.98 Å². The molecule has 1 aromatic heterocycles. The molecule has 0 radical (unpaired) electrons. The lowest BCUT2D eigenvalue weighted by atomic mass is 10.3. The third-order valence-electron chi connectivity index (χ3n) is 1.29. The van der Waals surface area contributed by atoms with Crippen molar-refractivity contribution < 1.29 is 22.7 Å². The van der Waals surface area contributed by atoms with Crippen LogP contribution in [0.1, 0.15) is 29.6 Å². The van der Waals surface area contributed by atoms with Crippen LogP contribution in [0.4, 0.5) is 8.78 Å². The van der Waals surface area contributed by atoms with E-state index in [1.54, 1.807) is 6.92 Å². The van der Waals surface area contributed by atoms with Crippen molar-refractivity contribution in [3.05, 3.63) is 16.3 Å². The summed E-state index contributed by atoms with van der Waals surface area (Å²) in [5, 5.41) is 0. The highest BCUT2D eigenvalue weighted by molar-refractivity contribution is 9.10. The van der Waals surface area contributed by atoms with Gasteiger partial charge in [0.25, 0.3) is 11.2 Å². The number of oxazole rings is 1. The molecular formula is C7H6BrF2NO3. The van der Waals surface area contributed by atoms with Gasteiger partial charge in [-0.2, -0.15) is 0 Å². The number of hydrogen-bond acceptors (Lipinski definition) is 4. The van der Waals surface area contributed by atoms with Crippen LogP contribution in [-0.4, -0.2) is 17.6 Å². The van der Waals surface area contributed by atoms with Gasteiger partial charge >= 0.3 is 5.97 Å². The van der Waals surface area contributed by atoms with Crippen LogP contribution in [0.25, 0.3) is 0 Å². The van der Waals surface area contributed by atoms with E-state index in [9.17, 15) is 13.6 Å². The predicted octanol–water partition coefficient (Wildman–Crippen LogP) is 2.55. The molecule has 1 rings (SSSR count). The Labute approximate surface area is 86.4 Å². The Balaban J connectivity index is 3.00. The van der Waals surface area contributed by atoms with Crippen molar-refractivity contribution in [2.24, 2.45) is 0 Å². The zero-order valence-electron chi connectivity index (χ0n) is 7.09. The van der Waals surface area contributed by atoms with E-state index in [1.807, 2.05) is 0 Å². The fraction of sp³-hybridized carbons (Fsp3) is 0.429. The molecule has 0 bridgehead atoms. The van der Waals surface area contributed by atoms with Gasteiger partial charge in [0.15, 0.2) is 5.69 Å². The molecule has 14 heavy (non-hydrogen) atoms. The fourth-order valence-electron chi connectivity index (χ4n) is 0.796. The maximum Gasteiger partial charge on any atom is 0.376 e. The Morgan fingerprint density at radius 2 is 2.36 bits per heavy atom. The summed E-state index contributed by atoms with van der Waals surface area (Å²) in [6, 6.07) is 0. The zero-order valence-corrected chi connectivity index (χ0v) is 8.68. The maximum atomic E-state index is 12.3. The zero-order chi connectivity index (χ0) is 10.7. The molecule has 0 atom stereocenters. The molecule has 78 valence electrons. The standard InChI is InChI=1S/C7H6BrF2NO3/c1-2-13-6(12)4-3(5(9)10)11-7(8)14-4/h5H,2H2,1H3. The molecule has 0 spiro atoms. The summed E-state index contributed by atoms with van der Waals surface area (Å²) in [5.41, 5.74) is -0.713. The van der Waals surface area contributed by atoms with Gasteiger partial charge < -0.3 is 9.15 Å². The van der Waals surface area contributed by atoms with E-state index >= 15 is 0 Å². The monoisotopic (exact) mass is 269 g/mol. The van der Waals surface area contributed by atoms with Crippen LogP contribution in [0.3, 0.4) is 0 Å². The summed E-state index contributed by atoms with van der Waals surface area (Å²) in [4.78, 5) is 14.2. The first kappa shape index (κ1) is 11.1. The van der Waals surface area contributed by atoms with Gasteiger partial charge in [0.1, 0.15) is 0 Å². The number of ether oxygens (including phenoxy) is 1. The van der Waals surface area contributed by atoms with Gasteiger partial charge in [-0.3, -0.25) is 0 Å². The molecule has 7 heteroatoms. The molecule has 4 nitrogen and oxygen atoms in total. The SMILES string of the molecule is CCOC(=O)c1oc(Br)nc1C(F)F. The lowest BCUT2D eigenvalue weighted by Crippen LogP contribution is -2.06. The quantitative estimate of drug-likeness (QED) is 0.792. The second kappa shape index (κ2) is 4.50. The third-order valence-corrected chi connectivity index (χ3v) is 1.63. The molecule has 1 heterocycles. The summed E-state index contributed by atoms with van der Waals surface area (Å²) >= 11 is 2.75. The molecule has 0 saturated carbocycles. The highest BCUT2D eigenvalue weighted by Gasteiger charge is 2.26. The molecule has 0 aromatic carbocycles. The Kier molecular flexibility index (Phi) is 3.56. The number of rotatable bonds is 3. The number of alkyl halides is 2. The fourth-order valence-corrected chi connectivity index (χ4v) is 1.15. The molecule has 0 amide bonds. The largest absolute Gasteiger partial charge is 0.460 e. The van der Waals surface area contributed by atoms with Crippen LogP contribution in [0, 0.1) is 0 Å². The maximum absolute atomic E-state index is 12.3. The van der Waals surface area contributed by atoms with Gasteiger partial charge in [0.2, 0.25) is 5.76 Å². The number of carbonyl (C=O) groups excluding carboxylic acids is 1. The molecule has 0 aliphatic rings. The van der Waals surface area contributed by atoms with Crippen LogP contribution in [0.15, 0.2) is 9.22 Å². The molecule has 0 unspecified atom stereocenters. The van der Waals surface area contributed by atoms with Gasteiger partial charge in [-0.1, -0.05) is 0 Å². The van der Waals surface area contributed by atoms with Crippen LogP contribution in [0.5, 0.6) is 0 Å². The van der Waals surface area contributed by atoms with Gasteiger partial charge in [0, 0.05) is 15.9 Å². The Hall–Kier alpha value is -0.980. The Morgan fingerprint density at radius 3 is 2.86 bits per heavy atom. The Bertz CT molecular complexity index is 340. The number of aromatic nitrogens is 1. The predicted molar refractivity (Wildman–Crippen MR) is 45.1 cm³/mol. The highest BCUT2D eigenvalue weighted by atomic mass is 79.9. The van der Waals surface area contributed by atoms with Crippen molar-refractivity contribution in [3.63, 3.8) is 0 Å². The average Bonchev–Trinajstić information content (AvgIpc) is 2.48. The van der Waals surface area contributed by atoms with E-state index < -0.39 is 23.8 Å². The minimum Gasteiger partial charge on any atom is -0.460 e. The Morgan fingerprint density at radius 1 is 1.71 bits per heavy atom. The lowest BCUT2D eigenvalue weighted by Gasteiger charge is -1.99. The highest BCUT2D eigenvalue weighted by Crippen LogP contribution is 2.25. The lowest BCUT2D eigenvalue weighted by molar-refractivity contribution is 0.0474. The van der Waals surface area contributed by atoms with Crippen LogP contribution in [0.2, 0.25) is 0 Å². The minimum atomic E-state index is -2.87. The van der Waals surface area contributed by atoms with Crippen LogP contribution in [-0.2, 0) is 4.74 Å². The molecular weight excluding hydrogens is 264 g/mol. The molecule has 0 aliphatic heterocycles. The molecule has 0 fully saturated rings. The van der Waals surface area contributed by atoms with Crippen LogP contribution < -0.4 is 0 Å². The second-order valence-electron chi connectivity index (χ2n) is 2.20. The van der Waals surface area contributed by atoms with E-state index in [2.05, 4.69) is 30.1 Å². The molecule has 1 aromatic rings. The molecule has 0 N–H and O–H groups in total. The van der Waals surface area contributed by atoms with Crippen molar-refractivity contribution in [2.45, 2.75) is 13.3 Å². The van der Waals surface area contributed by atoms with E-state index in [4.69, 9.17) is 0 Å². The van der Waals surface area contributed by atoms with Crippen molar-refractivity contribution >= 4 is 21.9 Å². The first-order valence-corrected chi connectivity index (χ1v) is 4.47. The van der Waals surface area contributed by atoms with Crippen molar-refractivity contribution in [2.75, 3.05) is 6.61 Å². The van der Waals surface area contributed by atoms with Crippen LogP contribution >= 0.6 is 15.9 Å². The van der Waals surface area contributed by atoms with Gasteiger partial charge in [-0.15, -0.1) is 0 Å².